The first-order chi connectivity index (χ1) is 14.9. The number of aryl methyl sites for hydroxylation is 2. The van der Waals surface area contributed by atoms with E-state index in [0.29, 0.717) is 25.6 Å². The lowest BCUT2D eigenvalue weighted by Gasteiger charge is -2.34. The number of aliphatic imine (C=N–C) groups is 1. The lowest BCUT2D eigenvalue weighted by atomic mass is 10.1. The molecule has 2 aromatic rings. The van der Waals surface area contributed by atoms with Gasteiger partial charge in [0.1, 0.15) is 0 Å². The van der Waals surface area contributed by atoms with Crippen molar-refractivity contribution in [2.45, 2.75) is 39.8 Å². The van der Waals surface area contributed by atoms with E-state index in [1.54, 1.807) is 0 Å². The molecule has 1 aliphatic rings. The second-order valence-electron chi connectivity index (χ2n) is 8.40. The van der Waals surface area contributed by atoms with Crippen molar-refractivity contribution in [3.63, 3.8) is 0 Å². The fourth-order valence-electron chi connectivity index (χ4n) is 3.80. The predicted octanol–water partition coefficient (Wildman–Crippen LogP) is 1.63. The number of guanidine groups is 1. The number of morpholine rings is 1. The molecular formula is C23H36N6O2. The summed E-state index contributed by atoms with van der Waals surface area (Å²) in [7, 11) is 0. The first kappa shape index (κ1) is 23.2. The smallest absolute Gasteiger partial charge is 0.191 e. The molecule has 0 bridgehead atoms. The Morgan fingerprint density at radius 1 is 1.23 bits per heavy atom. The molecule has 3 N–H and O–H groups in total. The minimum Gasteiger partial charge on any atom is -0.387 e. The molecule has 1 aromatic carbocycles. The molecule has 2 heterocycles. The van der Waals surface area contributed by atoms with Crippen LogP contribution in [0.1, 0.15) is 30.8 Å². The van der Waals surface area contributed by atoms with Gasteiger partial charge in [-0.15, -0.1) is 0 Å². The molecule has 0 spiro atoms. The van der Waals surface area contributed by atoms with Crippen LogP contribution in [0.4, 0.5) is 0 Å². The summed E-state index contributed by atoms with van der Waals surface area (Å²) in [6.07, 6.45) is 0. The molecule has 1 atom stereocenters. The number of nitrogens with one attached hydrogen (secondary N) is 2. The summed E-state index contributed by atoms with van der Waals surface area (Å²) < 4.78 is 7.36. The van der Waals surface area contributed by atoms with Crippen molar-refractivity contribution in [2.24, 2.45) is 4.99 Å². The topological polar surface area (TPSA) is 86.9 Å². The minimum absolute atomic E-state index is 0.412. The number of benzene rings is 1. The average molecular weight is 429 g/mol. The summed E-state index contributed by atoms with van der Waals surface area (Å²) in [6.45, 7) is 13.4. The first-order valence-electron chi connectivity index (χ1n) is 11.0. The minimum atomic E-state index is -0.866. The second-order valence-corrected chi connectivity index (χ2v) is 8.40. The van der Waals surface area contributed by atoms with Crippen molar-refractivity contribution in [3.8, 4) is 5.69 Å². The number of para-hydroxylation sites is 1. The van der Waals surface area contributed by atoms with E-state index in [9.17, 15) is 5.11 Å². The van der Waals surface area contributed by atoms with Gasteiger partial charge in [0.25, 0.3) is 0 Å². The van der Waals surface area contributed by atoms with Crippen LogP contribution in [0.15, 0.2) is 35.3 Å². The lowest BCUT2D eigenvalue weighted by molar-refractivity contribution is -0.0201. The van der Waals surface area contributed by atoms with E-state index in [1.807, 2.05) is 37.6 Å². The third kappa shape index (κ3) is 6.78. The van der Waals surface area contributed by atoms with E-state index in [4.69, 9.17) is 9.73 Å². The van der Waals surface area contributed by atoms with Crippen LogP contribution in [0.2, 0.25) is 0 Å². The summed E-state index contributed by atoms with van der Waals surface area (Å²) in [4.78, 5) is 7.00. The van der Waals surface area contributed by atoms with Gasteiger partial charge >= 0.3 is 0 Å². The third-order valence-corrected chi connectivity index (χ3v) is 5.29. The highest BCUT2D eigenvalue weighted by atomic mass is 16.5. The highest BCUT2D eigenvalue weighted by molar-refractivity contribution is 5.79. The second kappa shape index (κ2) is 10.7. The van der Waals surface area contributed by atoms with E-state index >= 15 is 0 Å². The Labute approximate surface area is 185 Å². The van der Waals surface area contributed by atoms with Crippen LogP contribution in [0, 0.1) is 13.8 Å². The standard InChI is InChI=1S/C23H36N6O2/c1-5-24-22(26-16-23(4,30)17-28-10-12-31-13-11-28)25-15-20-8-6-7-9-21(20)29-19(3)14-18(2)27-29/h6-9,14,30H,5,10-13,15-17H2,1-4H3,(H2,24,25,26). The van der Waals surface area contributed by atoms with E-state index in [2.05, 4.69) is 45.8 Å². The van der Waals surface area contributed by atoms with Gasteiger partial charge in [0, 0.05) is 38.4 Å². The maximum absolute atomic E-state index is 10.9. The van der Waals surface area contributed by atoms with E-state index in [1.165, 1.54) is 0 Å². The average Bonchev–Trinajstić information content (AvgIpc) is 3.08. The fourth-order valence-corrected chi connectivity index (χ4v) is 3.80. The molecule has 1 fully saturated rings. The summed E-state index contributed by atoms with van der Waals surface area (Å²) in [5, 5.41) is 22.1. The highest BCUT2D eigenvalue weighted by Crippen LogP contribution is 2.18. The van der Waals surface area contributed by atoms with Gasteiger partial charge in [0.05, 0.1) is 36.7 Å². The molecule has 0 amide bonds. The van der Waals surface area contributed by atoms with Crippen LogP contribution in [0.3, 0.4) is 0 Å². The van der Waals surface area contributed by atoms with E-state index in [-0.39, 0.29) is 0 Å². The molecule has 170 valence electrons. The lowest BCUT2D eigenvalue weighted by Crippen LogP contribution is -2.52. The molecule has 8 heteroatoms. The maximum Gasteiger partial charge on any atom is 0.191 e. The van der Waals surface area contributed by atoms with Crippen molar-refractivity contribution in [3.05, 3.63) is 47.3 Å². The zero-order chi connectivity index (χ0) is 22.3. The summed E-state index contributed by atoms with van der Waals surface area (Å²) in [5.41, 5.74) is 3.35. The molecule has 8 nitrogen and oxygen atoms in total. The van der Waals surface area contributed by atoms with Gasteiger partial charge in [0.2, 0.25) is 0 Å². The van der Waals surface area contributed by atoms with Gasteiger partial charge in [-0.25, -0.2) is 9.67 Å². The summed E-state index contributed by atoms with van der Waals surface area (Å²) >= 11 is 0. The summed E-state index contributed by atoms with van der Waals surface area (Å²) in [5.74, 6) is 0.688. The molecule has 3 rings (SSSR count). The van der Waals surface area contributed by atoms with Crippen molar-refractivity contribution >= 4 is 5.96 Å². The van der Waals surface area contributed by atoms with Crippen molar-refractivity contribution < 1.29 is 9.84 Å². The number of rotatable bonds is 8. The Kier molecular flexibility index (Phi) is 8.06. The van der Waals surface area contributed by atoms with E-state index < -0.39 is 5.60 Å². The Hall–Kier alpha value is -2.42. The van der Waals surface area contributed by atoms with Crippen LogP contribution in [-0.2, 0) is 11.3 Å². The fraction of sp³-hybridized carbons (Fsp3) is 0.565. The molecule has 1 saturated heterocycles. The molecule has 1 aromatic heterocycles. The number of β-amino-alcohol motifs (C(OH)–C–C–N with tert-alkyl or cyclic N) is 1. The predicted molar refractivity (Wildman–Crippen MR) is 124 cm³/mol. The first-order valence-corrected chi connectivity index (χ1v) is 11.0. The maximum atomic E-state index is 10.9. The molecule has 1 aliphatic heterocycles. The zero-order valence-electron chi connectivity index (χ0n) is 19.2. The Morgan fingerprint density at radius 2 is 1.97 bits per heavy atom. The quantitative estimate of drug-likeness (QED) is 0.438. The molecule has 31 heavy (non-hydrogen) atoms. The highest BCUT2D eigenvalue weighted by Gasteiger charge is 2.25. The molecule has 0 aliphatic carbocycles. The molecular weight excluding hydrogens is 392 g/mol. The van der Waals surface area contributed by atoms with Gasteiger partial charge < -0.3 is 20.5 Å². The summed E-state index contributed by atoms with van der Waals surface area (Å²) in [6, 6.07) is 10.3. The number of hydrogen-bond acceptors (Lipinski definition) is 5. The zero-order valence-corrected chi connectivity index (χ0v) is 19.2. The SMILES string of the molecule is CCNC(=NCc1ccccc1-n1nc(C)cc1C)NCC(C)(O)CN1CCOCC1. The van der Waals surface area contributed by atoms with Gasteiger partial charge in [0.15, 0.2) is 5.96 Å². The number of nitrogens with zero attached hydrogens (tertiary/aromatic N) is 4. The Balaban J connectivity index is 1.67. The Bertz CT molecular complexity index is 871. The third-order valence-electron chi connectivity index (χ3n) is 5.29. The molecule has 0 radical (unpaired) electrons. The van der Waals surface area contributed by atoms with Gasteiger partial charge in [-0.3, -0.25) is 4.90 Å². The van der Waals surface area contributed by atoms with Gasteiger partial charge in [-0.05, 0) is 45.4 Å². The van der Waals surface area contributed by atoms with Crippen LogP contribution in [0.25, 0.3) is 5.69 Å². The molecule has 0 saturated carbocycles. The largest absolute Gasteiger partial charge is 0.387 e. The van der Waals surface area contributed by atoms with Gasteiger partial charge in [-0.1, -0.05) is 18.2 Å². The van der Waals surface area contributed by atoms with Gasteiger partial charge in [-0.2, -0.15) is 5.10 Å². The van der Waals surface area contributed by atoms with Crippen molar-refractivity contribution in [2.75, 3.05) is 45.9 Å². The van der Waals surface area contributed by atoms with Crippen LogP contribution >= 0.6 is 0 Å². The van der Waals surface area contributed by atoms with Crippen LogP contribution in [-0.4, -0.2) is 77.3 Å². The molecule has 1 unspecified atom stereocenters. The Morgan fingerprint density at radius 3 is 2.65 bits per heavy atom. The monoisotopic (exact) mass is 428 g/mol. The van der Waals surface area contributed by atoms with E-state index in [0.717, 1.165) is 55.5 Å². The number of hydrogen-bond donors (Lipinski definition) is 3. The van der Waals surface area contributed by atoms with Crippen LogP contribution in [0.5, 0.6) is 0 Å². The number of aliphatic hydroxyl groups is 1. The number of aromatic nitrogens is 2. The van der Waals surface area contributed by atoms with Crippen LogP contribution < -0.4 is 10.6 Å². The van der Waals surface area contributed by atoms with Crippen molar-refractivity contribution in [1.82, 2.24) is 25.3 Å². The number of ether oxygens (including phenoxy) is 1. The van der Waals surface area contributed by atoms with Crippen molar-refractivity contribution in [1.29, 1.82) is 0 Å². The normalized spacial score (nSPS) is 17.4.